The molecular weight excluding hydrogens is 324 g/mol. The topological polar surface area (TPSA) is 15.3 Å². The van der Waals surface area contributed by atoms with Crippen LogP contribution in [0.4, 0.5) is 0 Å². The van der Waals surface area contributed by atoms with Crippen molar-refractivity contribution in [2.24, 2.45) is 11.3 Å². The van der Waals surface area contributed by atoms with Crippen molar-refractivity contribution in [3.05, 3.63) is 21.9 Å². The summed E-state index contributed by atoms with van der Waals surface area (Å²) in [7, 11) is 0. The predicted molar refractivity (Wildman–Crippen MR) is 108 cm³/mol. The van der Waals surface area contributed by atoms with Crippen molar-refractivity contribution in [2.45, 2.75) is 77.2 Å². The zero-order valence-electron chi connectivity index (χ0n) is 16.3. The molecule has 0 radical (unpaired) electrons. The third-order valence-corrected chi connectivity index (χ3v) is 8.81. The van der Waals surface area contributed by atoms with E-state index in [-0.39, 0.29) is 0 Å². The molecule has 2 aliphatic heterocycles. The van der Waals surface area contributed by atoms with Crippen molar-refractivity contribution in [2.75, 3.05) is 26.2 Å². The number of thiophene rings is 1. The lowest BCUT2D eigenvalue weighted by Gasteiger charge is -2.52. The van der Waals surface area contributed by atoms with Gasteiger partial charge in [0.25, 0.3) is 0 Å². The van der Waals surface area contributed by atoms with E-state index < -0.39 is 0 Å². The van der Waals surface area contributed by atoms with E-state index in [4.69, 9.17) is 0 Å². The Kier molecular flexibility index (Phi) is 5.28. The lowest BCUT2D eigenvalue weighted by atomic mass is 9.68. The van der Waals surface area contributed by atoms with Gasteiger partial charge in [-0.3, -0.25) is 4.90 Å². The van der Waals surface area contributed by atoms with E-state index in [2.05, 4.69) is 47.5 Å². The molecule has 140 valence electrons. The van der Waals surface area contributed by atoms with Gasteiger partial charge in [0.2, 0.25) is 0 Å². The second-order valence-electron chi connectivity index (χ2n) is 8.97. The van der Waals surface area contributed by atoms with Crippen molar-refractivity contribution < 1.29 is 0 Å². The first-order valence-corrected chi connectivity index (χ1v) is 11.5. The number of nitrogens with zero attached hydrogens (tertiary/aromatic N) is 1. The van der Waals surface area contributed by atoms with Gasteiger partial charge in [0.1, 0.15) is 0 Å². The van der Waals surface area contributed by atoms with Crippen molar-refractivity contribution in [3.63, 3.8) is 0 Å². The van der Waals surface area contributed by atoms with Crippen LogP contribution in [-0.4, -0.2) is 31.1 Å². The monoisotopic (exact) mass is 360 g/mol. The largest absolute Gasteiger partial charge is 0.316 e. The van der Waals surface area contributed by atoms with Gasteiger partial charge in [0.15, 0.2) is 0 Å². The maximum absolute atomic E-state index is 3.74. The molecule has 1 saturated carbocycles. The van der Waals surface area contributed by atoms with Crippen molar-refractivity contribution in [3.8, 4) is 0 Å². The first-order valence-electron chi connectivity index (χ1n) is 10.7. The van der Waals surface area contributed by atoms with E-state index in [1.807, 2.05) is 0 Å². The molecule has 1 aromatic heterocycles. The normalized spacial score (nSPS) is 29.3. The van der Waals surface area contributed by atoms with Crippen molar-refractivity contribution in [1.29, 1.82) is 0 Å². The van der Waals surface area contributed by atoms with E-state index in [0.717, 1.165) is 5.92 Å². The number of nitrogens with one attached hydrogen (secondary N) is 1. The zero-order chi connectivity index (χ0) is 17.3. The first-order chi connectivity index (χ1) is 12.2. The Balaban J connectivity index is 1.53. The SMILES string of the molecule is CCCC1CNCC12CCN(C1(c3ccc(C)s3)CCCCC1)CC2. The molecular formula is C22H36N2S. The fourth-order valence-corrected chi connectivity index (χ4v) is 7.26. The summed E-state index contributed by atoms with van der Waals surface area (Å²) >= 11 is 2.07. The summed E-state index contributed by atoms with van der Waals surface area (Å²) in [6.45, 7) is 9.81. The molecule has 0 bridgehead atoms. The molecule has 1 aliphatic carbocycles. The number of rotatable bonds is 4. The molecule has 1 aromatic rings. The molecule has 4 rings (SSSR count). The molecule has 3 heteroatoms. The van der Waals surface area contributed by atoms with Gasteiger partial charge in [-0.25, -0.2) is 0 Å². The molecule has 1 N–H and O–H groups in total. The van der Waals surface area contributed by atoms with Gasteiger partial charge in [-0.2, -0.15) is 0 Å². The second-order valence-corrected chi connectivity index (χ2v) is 10.3. The number of piperidine rings is 1. The van der Waals surface area contributed by atoms with E-state index >= 15 is 0 Å². The third kappa shape index (κ3) is 3.21. The summed E-state index contributed by atoms with van der Waals surface area (Å²) in [6, 6.07) is 4.80. The molecule has 1 spiro atoms. The first kappa shape index (κ1) is 18.0. The van der Waals surface area contributed by atoms with Gasteiger partial charge in [-0.05, 0) is 82.1 Å². The molecule has 3 aliphatic rings. The molecule has 25 heavy (non-hydrogen) atoms. The summed E-state index contributed by atoms with van der Waals surface area (Å²) in [4.78, 5) is 6.07. The van der Waals surface area contributed by atoms with Crippen LogP contribution in [0.1, 0.15) is 74.5 Å². The Morgan fingerprint density at radius 3 is 2.52 bits per heavy atom. The summed E-state index contributed by atoms with van der Waals surface area (Å²) < 4.78 is 0. The summed E-state index contributed by atoms with van der Waals surface area (Å²) in [5.41, 5.74) is 0.971. The smallest absolute Gasteiger partial charge is 0.0553 e. The van der Waals surface area contributed by atoms with E-state index in [9.17, 15) is 0 Å². The average Bonchev–Trinajstić information content (AvgIpc) is 3.24. The zero-order valence-corrected chi connectivity index (χ0v) is 17.1. The van der Waals surface area contributed by atoms with E-state index in [0.29, 0.717) is 11.0 Å². The van der Waals surface area contributed by atoms with Gasteiger partial charge < -0.3 is 5.32 Å². The molecule has 3 heterocycles. The summed E-state index contributed by atoms with van der Waals surface area (Å²) in [6.07, 6.45) is 12.6. The number of hydrogen-bond donors (Lipinski definition) is 1. The second kappa shape index (κ2) is 7.32. The Morgan fingerprint density at radius 2 is 1.88 bits per heavy atom. The summed E-state index contributed by atoms with van der Waals surface area (Å²) in [5.74, 6) is 0.922. The molecule has 0 aromatic carbocycles. The molecule has 1 unspecified atom stereocenters. The maximum Gasteiger partial charge on any atom is 0.0553 e. The summed E-state index contributed by atoms with van der Waals surface area (Å²) in [5, 5.41) is 3.74. The molecule has 2 saturated heterocycles. The molecule has 2 nitrogen and oxygen atoms in total. The highest BCUT2D eigenvalue weighted by Gasteiger charge is 2.48. The molecule has 1 atom stereocenters. The van der Waals surface area contributed by atoms with Crippen LogP contribution in [0.25, 0.3) is 0 Å². The minimum absolute atomic E-state index is 0.366. The average molecular weight is 361 g/mol. The number of aryl methyl sites for hydroxylation is 1. The predicted octanol–water partition coefficient (Wildman–Crippen LogP) is 5.32. The third-order valence-electron chi connectivity index (χ3n) is 7.62. The van der Waals surface area contributed by atoms with Crippen LogP contribution in [0.5, 0.6) is 0 Å². The minimum Gasteiger partial charge on any atom is -0.316 e. The lowest BCUT2D eigenvalue weighted by molar-refractivity contribution is -0.0153. The van der Waals surface area contributed by atoms with Gasteiger partial charge >= 0.3 is 0 Å². The van der Waals surface area contributed by atoms with Gasteiger partial charge in [-0.15, -0.1) is 11.3 Å². The quantitative estimate of drug-likeness (QED) is 0.782. The highest BCUT2D eigenvalue weighted by Crippen LogP contribution is 2.50. The van der Waals surface area contributed by atoms with Gasteiger partial charge in [0.05, 0.1) is 5.54 Å². The van der Waals surface area contributed by atoms with Crippen LogP contribution in [0, 0.1) is 18.3 Å². The lowest BCUT2D eigenvalue weighted by Crippen LogP contribution is -2.53. The fourth-order valence-electron chi connectivity index (χ4n) is 6.12. The number of likely N-dealkylation sites (tertiary alicyclic amines) is 1. The van der Waals surface area contributed by atoms with Crippen molar-refractivity contribution in [1.82, 2.24) is 10.2 Å². The Hall–Kier alpha value is -0.380. The molecule has 3 fully saturated rings. The van der Waals surface area contributed by atoms with E-state index in [1.54, 1.807) is 4.88 Å². The van der Waals surface area contributed by atoms with Crippen LogP contribution in [0.3, 0.4) is 0 Å². The van der Waals surface area contributed by atoms with Gasteiger partial charge in [0, 0.05) is 16.3 Å². The Morgan fingerprint density at radius 1 is 1.12 bits per heavy atom. The van der Waals surface area contributed by atoms with Crippen LogP contribution in [0.15, 0.2) is 12.1 Å². The maximum atomic E-state index is 3.74. The Labute approximate surface area is 158 Å². The van der Waals surface area contributed by atoms with E-state index in [1.165, 1.54) is 88.8 Å². The fraction of sp³-hybridized carbons (Fsp3) is 0.818. The van der Waals surface area contributed by atoms with Crippen LogP contribution in [0.2, 0.25) is 0 Å². The Bertz CT molecular complexity index is 564. The van der Waals surface area contributed by atoms with Crippen LogP contribution >= 0.6 is 11.3 Å². The highest BCUT2D eigenvalue weighted by atomic mass is 32.1. The van der Waals surface area contributed by atoms with Gasteiger partial charge in [-0.1, -0.05) is 32.6 Å². The standard InChI is InChI=1S/C22H36N2S/c1-3-7-19-16-23-17-21(19)12-14-24(15-13-21)22(10-5-4-6-11-22)20-9-8-18(2)25-20/h8-9,19,23H,3-7,10-17H2,1-2H3. The number of hydrogen-bond acceptors (Lipinski definition) is 3. The molecule has 0 amide bonds. The van der Waals surface area contributed by atoms with Crippen molar-refractivity contribution >= 4 is 11.3 Å². The van der Waals surface area contributed by atoms with Crippen LogP contribution < -0.4 is 5.32 Å². The minimum atomic E-state index is 0.366. The highest BCUT2D eigenvalue weighted by molar-refractivity contribution is 7.12. The van der Waals surface area contributed by atoms with Crippen LogP contribution in [-0.2, 0) is 5.54 Å².